The van der Waals surface area contributed by atoms with Crippen molar-refractivity contribution in [1.82, 2.24) is 4.90 Å². The maximum absolute atomic E-state index is 12.1. The zero-order chi connectivity index (χ0) is 13.8. The van der Waals surface area contributed by atoms with Crippen molar-refractivity contribution in [2.45, 2.75) is 25.0 Å². The molecule has 112 valence electrons. The monoisotopic (exact) mass is 300 g/mol. The van der Waals surface area contributed by atoms with E-state index in [1.54, 1.807) is 36.3 Å². The van der Waals surface area contributed by atoms with Crippen molar-refractivity contribution >= 4 is 18.3 Å². The van der Waals surface area contributed by atoms with Crippen molar-refractivity contribution in [2.75, 3.05) is 20.2 Å². The Hall–Kier alpha value is -1.30. The van der Waals surface area contributed by atoms with Gasteiger partial charge in [-0.25, -0.2) is 0 Å². The van der Waals surface area contributed by atoms with Gasteiger partial charge in [-0.3, -0.25) is 4.79 Å². The lowest BCUT2D eigenvalue weighted by atomic mass is 10.0. The van der Waals surface area contributed by atoms with Gasteiger partial charge in [-0.15, -0.1) is 12.4 Å². The minimum absolute atomic E-state index is 0. The van der Waals surface area contributed by atoms with Gasteiger partial charge in [-0.05, 0) is 30.5 Å². The highest BCUT2D eigenvalue weighted by Crippen LogP contribution is 2.21. The molecule has 0 bridgehead atoms. The number of aliphatic hydroxyl groups excluding tert-OH is 1. The number of amides is 1. The lowest BCUT2D eigenvalue weighted by Crippen LogP contribution is -2.45. The van der Waals surface area contributed by atoms with E-state index in [-0.39, 0.29) is 18.3 Å². The Morgan fingerprint density at radius 2 is 1.85 bits per heavy atom. The quantitative estimate of drug-likeness (QED) is 0.873. The van der Waals surface area contributed by atoms with Gasteiger partial charge in [0.25, 0.3) is 0 Å². The zero-order valence-electron chi connectivity index (χ0n) is 11.5. The SMILES string of the molecule is COc1ccc([C@H](O)[C@@H](N)C(=O)N2CCCC2)cc1.Cl. The summed E-state index contributed by atoms with van der Waals surface area (Å²) in [4.78, 5) is 13.8. The van der Waals surface area contributed by atoms with Crippen LogP contribution in [-0.2, 0) is 4.79 Å². The van der Waals surface area contributed by atoms with Crippen LogP contribution in [0.1, 0.15) is 24.5 Å². The molecule has 1 saturated heterocycles. The number of hydrogen-bond donors (Lipinski definition) is 2. The lowest BCUT2D eigenvalue weighted by Gasteiger charge is -2.24. The summed E-state index contributed by atoms with van der Waals surface area (Å²) in [7, 11) is 1.58. The number of aliphatic hydroxyl groups is 1. The van der Waals surface area contributed by atoms with Crippen LogP contribution in [0.25, 0.3) is 0 Å². The summed E-state index contributed by atoms with van der Waals surface area (Å²) in [5.74, 6) is 0.524. The number of rotatable bonds is 4. The van der Waals surface area contributed by atoms with Gasteiger partial charge in [0.05, 0.1) is 7.11 Å². The molecule has 2 atom stereocenters. The Balaban J connectivity index is 0.00000200. The molecule has 1 aromatic carbocycles. The molecule has 2 rings (SSSR count). The predicted octanol–water partition coefficient (Wildman–Crippen LogP) is 1.10. The van der Waals surface area contributed by atoms with E-state index in [1.165, 1.54) is 0 Å². The molecule has 0 spiro atoms. The van der Waals surface area contributed by atoms with Gasteiger partial charge in [-0.2, -0.15) is 0 Å². The molecular formula is C14H21ClN2O3. The van der Waals surface area contributed by atoms with Crippen LogP contribution in [-0.4, -0.2) is 42.2 Å². The summed E-state index contributed by atoms with van der Waals surface area (Å²) < 4.78 is 5.05. The molecular weight excluding hydrogens is 280 g/mol. The summed E-state index contributed by atoms with van der Waals surface area (Å²) in [5.41, 5.74) is 6.50. The second-order valence-corrected chi connectivity index (χ2v) is 4.78. The molecule has 1 aromatic rings. The zero-order valence-corrected chi connectivity index (χ0v) is 12.3. The second-order valence-electron chi connectivity index (χ2n) is 4.78. The maximum atomic E-state index is 12.1. The van der Waals surface area contributed by atoms with Crippen LogP contribution in [0.2, 0.25) is 0 Å². The van der Waals surface area contributed by atoms with Crippen molar-refractivity contribution in [2.24, 2.45) is 5.73 Å². The summed E-state index contributed by atoms with van der Waals surface area (Å²) in [6.07, 6.45) is 1.03. The number of nitrogens with zero attached hydrogens (tertiary/aromatic N) is 1. The number of carbonyl (C=O) groups is 1. The third-order valence-electron chi connectivity index (χ3n) is 3.50. The van der Waals surface area contributed by atoms with E-state index in [0.717, 1.165) is 25.9 Å². The number of carbonyl (C=O) groups excluding carboxylic acids is 1. The van der Waals surface area contributed by atoms with E-state index in [4.69, 9.17) is 10.5 Å². The highest BCUT2D eigenvalue weighted by atomic mass is 35.5. The van der Waals surface area contributed by atoms with E-state index in [1.807, 2.05) is 0 Å². The van der Waals surface area contributed by atoms with Crippen LogP contribution in [0.4, 0.5) is 0 Å². The van der Waals surface area contributed by atoms with Crippen LogP contribution in [0, 0.1) is 0 Å². The summed E-state index contributed by atoms with van der Waals surface area (Å²) in [5, 5.41) is 10.2. The molecule has 1 aliphatic rings. The molecule has 0 aromatic heterocycles. The second kappa shape index (κ2) is 7.47. The van der Waals surface area contributed by atoms with Crippen LogP contribution in [0.5, 0.6) is 5.75 Å². The first-order chi connectivity index (χ1) is 9.13. The van der Waals surface area contributed by atoms with E-state index in [2.05, 4.69) is 0 Å². The minimum Gasteiger partial charge on any atom is -0.497 e. The predicted molar refractivity (Wildman–Crippen MR) is 79.0 cm³/mol. The first kappa shape index (κ1) is 16.8. The average molecular weight is 301 g/mol. The Morgan fingerprint density at radius 1 is 1.30 bits per heavy atom. The molecule has 0 aliphatic carbocycles. The molecule has 3 N–H and O–H groups in total. The van der Waals surface area contributed by atoms with E-state index in [0.29, 0.717) is 11.3 Å². The van der Waals surface area contributed by atoms with Crippen molar-refractivity contribution in [3.05, 3.63) is 29.8 Å². The molecule has 5 nitrogen and oxygen atoms in total. The van der Waals surface area contributed by atoms with Gasteiger partial charge in [0, 0.05) is 13.1 Å². The van der Waals surface area contributed by atoms with Gasteiger partial charge < -0.3 is 20.5 Å². The molecule has 0 unspecified atom stereocenters. The smallest absolute Gasteiger partial charge is 0.242 e. The Morgan fingerprint density at radius 3 is 2.35 bits per heavy atom. The van der Waals surface area contributed by atoms with E-state index in [9.17, 15) is 9.90 Å². The number of likely N-dealkylation sites (tertiary alicyclic amines) is 1. The van der Waals surface area contributed by atoms with E-state index < -0.39 is 12.1 Å². The Bertz CT molecular complexity index is 433. The highest BCUT2D eigenvalue weighted by Gasteiger charge is 2.29. The number of hydrogen-bond acceptors (Lipinski definition) is 4. The summed E-state index contributed by atoms with van der Waals surface area (Å²) in [6, 6.07) is 6.02. The van der Waals surface area contributed by atoms with Gasteiger partial charge >= 0.3 is 0 Å². The molecule has 0 radical (unpaired) electrons. The number of methoxy groups -OCH3 is 1. The fourth-order valence-corrected chi connectivity index (χ4v) is 2.29. The number of benzene rings is 1. The number of nitrogens with two attached hydrogens (primary N) is 1. The molecule has 20 heavy (non-hydrogen) atoms. The number of ether oxygens (including phenoxy) is 1. The largest absolute Gasteiger partial charge is 0.497 e. The third-order valence-corrected chi connectivity index (χ3v) is 3.50. The molecule has 1 aliphatic heterocycles. The highest BCUT2D eigenvalue weighted by molar-refractivity contribution is 5.85. The fraction of sp³-hybridized carbons (Fsp3) is 0.500. The van der Waals surface area contributed by atoms with Gasteiger partial charge in [0.2, 0.25) is 5.91 Å². The average Bonchev–Trinajstić information content (AvgIpc) is 2.99. The Labute approximate surface area is 125 Å². The molecule has 0 saturated carbocycles. The van der Waals surface area contributed by atoms with Crippen LogP contribution in [0.15, 0.2) is 24.3 Å². The van der Waals surface area contributed by atoms with Crippen molar-refractivity contribution in [3.63, 3.8) is 0 Å². The van der Waals surface area contributed by atoms with Gasteiger partial charge in [0.15, 0.2) is 0 Å². The standard InChI is InChI=1S/C14H20N2O3.ClH/c1-19-11-6-4-10(5-7-11)13(17)12(15)14(18)16-8-2-3-9-16;/h4-7,12-13,17H,2-3,8-9,15H2,1H3;1H/t12-,13+;/m1./s1. The molecule has 1 heterocycles. The van der Waals surface area contributed by atoms with Gasteiger partial charge in [0.1, 0.15) is 17.9 Å². The molecule has 1 amide bonds. The third kappa shape index (κ3) is 3.62. The molecule has 6 heteroatoms. The van der Waals surface area contributed by atoms with Crippen LogP contribution >= 0.6 is 12.4 Å². The molecule has 1 fully saturated rings. The number of halogens is 1. The summed E-state index contributed by atoms with van der Waals surface area (Å²) >= 11 is 0. The van der Waals surface area contributed by atoms with Crippen molar-refractivity contribution in [3.8, 4) is 5.75 Å². The maximum Gasteiger partial charge on any atom is 0.242 e. The van der Waals surface area contributed by atoms with E-state index >= 15 is 0 Å². The van der Waals surface area contributed by atoms with Gasteiger partial charge in [-0.1, -0.05) is 12.1 Å². The first-order valence-corrected chi connectivity index (χ1v) is 6.50. The minimum atomic E-state index is -0.987. The van der Waals surface area contributed by atoms with Crippen LogP contribution in [0.3, 0.4) is 0 Å². The fourth-order valence-electron chi connectivity index (χ4n) is 2.29. The summed E-state index contributed by atoms with van der Waals surface area (Å²) in [6.45, 7) is 1.48. The Kier molecular flexibility index (Phi) is 6.26. The topological polar surface area (TPSA) is 75.8 Å². The lowest BCUT2D eigenvalue weighted by molar-refractivity contribution is -0.134. The van der Waals surface area contributed by atoms with Crippen molar-refractivity contribution < 1.29 is 14.6 Å². The van der Waals surface area contributed by atoms with Crippen molar-refractivity contribution in [1.29, 1.82) is 0 Å². The van der Waals surface area contributed by atoms with Crippen LogP contribution < -0.4 is 10.5 Å². The normalized spacial score (nSPS) is 17.2. The first-order valence-electron chi connectivity index (χ1n) is 6.50.